The van der Waals surface area contributed by atoms with Crippen molar-refractivity contribution < 1.29 is 0 Å². The molecule has 0 unspecified atom stereocenters. The summed E-state index contributed by atoms with van der Waals surface area (Å²) in [6, 6.07) is 7.55. The smallest absolute Gasteiger partial charge is 0.220 e. The minimum atomic E-state index is 0.264. The predicted molar refractivity (Wildman–Crippen MR) is 70.8 cm³/mol. The maximum absolute atomic E-state index is 5.56. The maximum atomic E-state index is 5.56. The van der Waals surface area contributed by atoms with Gasteiger partial charge in [0.05, 0.1) is 16.3 Å². The van der Waals surface area contributed by atoms with Gasteiger partial charge >= 0.3 is 0 Å². The third-order valence-electron chi connectivity index (χ3n) is 2.32. The van der Waals surface area contributed by atoms with Crippen LogP contribution in [0.25, 0.3) is 21.3 Å². The van der Waals surface area contributed by atoms with Crippen molar-refractivity contribution in [3.05, 3.63) is 42.9 Å². The first-order chi connectivity index (χ1) is 8.83. The molecule has 88 valence electrons. The summed E-state index contributed by atoms with van der Waals surface area (Å²) in [5.74, 6) is 0.264. The molecule has 18 heavy (non-hydrogen) atoms. The first-order valence-electron chi connectivity index (χ1n) is 5.29. The Bertz CT molecular complexity index is 665. The minimum absolute atomic E-state index is 0.264. The zero-order valence-corrected chi connectivity index (χ0v) is 10.1. The van der Waals surface area contributed by atoms with Crippen LogP contribution in [0.3, 0.4) is 0 Å². The number of aromatic nitrogens is 4. The van der Waals surface area contributed by atoms with Crippen LogP contribution in [0.4, 0.5) is 5.95 Å². The molecule has 3 aromatic rings. The highest BCUT2D eigenvalue weighted by Crippen LogP contribution is 2.29. The van der Waals surface area contributed by atoms with Crippen LogP contribution in [0, 0.1) is 0 Å². The van der Waals surface area contributed by atoms with Crippen molar-refractivity contribution in [3.63, 3.8) is 0 Å². The van der Waals surface area contributed by atoms with Gasteiger partial charge in [-0.15, -0.1) is 11.3 Å². The number of nitrogens with zero attached hydrogens (tertiary/aromatic N) is 4. The van der Waals surface area contributed by atoms with Gasteiger partial charge in [-0.1, -0.05) is 6.07 Å². The monoisotopic (exact) mass is 255 g/mol. The topological polar surface area (TPSA) is 77.6 Å². The minimum Gasteiger partial charge on any atom is -0.368 e. The molecule has 0 amide bonds. The van der Waals surface area contributed by atoms with Crippen LogP contribution < -0.4 is 5.73 Å². The number of anilines is 1. The van der Waals surface area contributed by atoms with E-state index in [1.165, 1.54) is 11.3 Å². The average Bonchev–Trinajstić information content (AvgIpc) is 2.89. The van der Waals surface area contributed by atoms with E-state index in [9.17, 15) is 0 Å². The molecule has 0 bridgehead atoms. The molecular weight excluding hydrogens is 246 g/mol. The Labute approximate surface area is 107 Å². The lowest BCUT2D eigenvalue weighted by Crippen LogP contribution is -1.93. The van der Waals surface area contributed by atoms with Crippen LogP contribution in [-0.4, -0.2) is 19.9 Å². The lowest BCUT2D eigenvalue weighted by molar-refractivity contribution is 1.19. The largest absolute Gasteiger partial charge is 0.368 e. The molecule has 0 aliphatic rings. The fraction of sp³-hybridized carbons (Fsp3) is 0. The van der Waals surface area contributed by atoms with Crippen molar-refractivity contribution in [1.82, 2.24) is 19.9 Å². The Kier molecular flexibility index (Phi) is 2.70. The number of hydrogen-bond acceptors (Lipinski definition) is 6. The highest BCUT2D eigenvalue weighted by Gasteiger charge is 2.08. The predicted octanol–water partition coefficient (Wildman–Crippen LogP) is 2.24. The summed E-state index contributed by atoms with van der Waals surface area (Å²) in [4.78, 5) is 17.6. The van der Waals surface area contributed by atoms with Crippen molar-refractivity contribution in [3.8, 4) is 21.3 Å². The number of thiazole rings is 1. The van der Waals surface area contributed by atoms with Gasteiger partial charge < -0.3 is 5.73 Å². The van der Waals surface area contributed by atoms with Gasteiger partial charge in [-0.3, -0.25) is 4.98 Å². The molecular formula is C12H9N5S. The van der Waals surface area contributed by atoms with Gasteiger partial charge in [-0.25, -0.2) is 15.0 Å². The van der Waals surface area contributed by atoms with E-state index in [1.807, 2.05) is 24.3 Å². The summed E-state index contributed by atoms with van der Waals surface area (Å²) in [7, 11) is 0. The van der Waals surface area contributed by atoms with Gasteiger partial charge in [-0.2, -0.15) is 0 Å². The van der Waals surface area contributed by atoms with Crippen molar-refractivity contribution in [2.75, 3.05) is 5.73 Å². The van der Waals surface area contributed by atoms with E-state index in [2.05, 4.69) is 19.9 Å². The van der Waals surface area contributed by atoms with E-state index >= 15 is 0 Å². The Hall–Kier alpha value is -2.34. The second kappa shape index (κ2) is 4.50. The van der Waals surface area contributed by atoms with E-state index in [0.717, 1.165) is 21.3 Å². The van der Waals surface area contributed by atoms with E-state index in [1.54, 1.807) is 18.6 Å². The van der Waals surface area contributed by atoms with Crippen LogP contribution in [0.15, 0.2) is 42.9 Å². The van der Waals surface area contributed by atoms with Crippen molar-refractivity contribution >= 4 is 17.3 Å². The summed E-state index contributed by atoms with van der Waals surface area (Å²) < 4.78 is 0. The van der Waals surface area contributed by atoms with Crippen molar-refractivity contribution in [1.29, 1.82) is 0 Å². The van der Waals surface area contributed by atoms with E-state index in [4.69, 9.17) is 5.73 Å². The SMILES string of the molecule is Nc1nccc(-c2cnc(-c3ccccn3)s2)n1. The second-order valence-electron chi connectivity index (χ2n) is 3.54. The van der Waals surface area contributed by atoms with Crippen LogP contribution in [-0.2, 0) is 0 Å². The molecule has 3 aromatic heterocycles. The number of pyridine rings is 1. The van der Waals surface area contributed by atoms with Crippen LogP contribution in [0.2, 0.25) is 0 Å². The fourth-order valence-electron chi connectivity index (χ4n) is 1.51. The zero-order chi connectivity index (χ0) is 12.4. The average molecular weight is 255 g/mol. The summed E-state index contributed by atoms with van der Waals surface area (Å²) in [5.41, 5.74) is 7.20. The number of hydrogen-bond donors (Lipinski definition) is 1. The number of nitrogen functional groups attached to an aromatic ring is 1. The Morgan fingerprint density at radius 3 is 2.67 bits per heavy atom. The normalized spacial score (nSPS) is 10.4. The van der Waals surface area contributed by atoms with E-state index in [0.29, 0.717) is 0 Å². The number of rotatable bonds is 2. The molecule has 0 saturated heterocycles. The molecule has 0 aliphatic carbocycles. The van der Waals surface area contributed by atoms with E-state index < -0.39 is 0 Å². The van der Waals surface area contributed by atoms with Crippen LogP contribution >= 0.6 is 11.3 Å². The Balaban J connectivity index is 2.00. The van der Waals surface area contributed by atoms with E-state index in [-0.39, 0.29) is 5.95 Å². The summed E-state index contributed by atoms with van der Waals surface area (Å²) >= 11 is 1.53. The summed E-state index contributed by atoms with van der Waals surface area (Å²) in [6.45, 7) is 0. The van der Waals surface area contributed by atoms with Gasteiger partial charge in [-0.05, 0) is 18.2 Å². The molecule has 0 aliphatic heterocycles. The van der Waals surface area contributed by atoms with Crippen LogP contribution in [0.5, 0.6) is 0 Å². The van der Waals surface area contributed by atoms with Gasteiger partial charge in [0.1, 0.15) is 5.01 Å². The molecule has 6 heteroatoms. The van der Waals surface area contributed by atoms with Crippen molar-refractivity contribution in [2.45, 2.75) is 0 Å². The summed E-state index contributed by atoms with van der Waals surface area (Å²) in [6.07, 6.45) is 5.16. The molecule has 3 heterocycles. The van der Waals surface area contributed by atoms with Gasteiger partial charge in [0.25, 0.3) is 0 Å². The molecule has 0 atom stereocenters. The zero-order valence-electron chi connectivity index (χ0n) is 9.32. The molecule has 0 spiro atoms. The summed E-state index contributed by atoms with van der Waals surface area (Å²) in [5, 5.41) is 0.864. The standard InChI is InChI=1S/C12H9N5S/c13-12-15-6-4-8(17-12)10-7-16-11(18-10)9-3-1-2-5-14-9/h1-7H,(H2,13,15,17). The fourth-order valence-corrected chi connectivity index (χ4v) is 2.37. The van der Waals surface area contributed by atoms with Crippen molar-refractivity contribution in [2.24, 2.45) is 0 Å². The molecule has 0 saturated carbocycles. The maximum Gasteiger partial charge on any atom is 0.220 e. The molecule has 2 N–H and O–H groups in total. The first kappa shape index (κ1) is 10.8. The molecule has 0 radical (unpaired) electrons. The highest BCUT2D eigenvalue weighted by molar-refractivity contribution is 7.18. The Morgan fingerprint density at radius 2 is 1.89 bits per heavy atom. The quantitative estimate of drug-likeness (QED) is 0.759. The molecule has 5 nitrogen and oxygen atoms in total. The second-order valence-corrected chi connectivity index (χ2v) is 4.58. The highest BCUT2D eigenvalue weighted by atomic mass is 32.1. The number of nitrogens with two attached hydrogens (primary N) is 1. The third kappa shape index (κ3) is 2.05. The molecule has 0 aromatic carbocycles. The van der Waals surface area contributed by atoms with Gasteiger partial charge in [0.15, 0.2) is 0 Å². The van der Waals surface area contributed by atoms with Crippen LogP contribution in [0.1, 0.15) is 0 Å². The molecule has 3 rings (SSSR count). The Morgan fingerprint density at radius 1 is 0.944 bits per heavy atom. The first-order valence-corrected chi connectivity index (χ1v) is 6.11. The molecule has 0 fully saturated rings. The third-order valence-corrected chi connectivity index (χ3v) is 3.36. The van der Waals surface area contributed by atoms with Gasteiger partial charge in [0.2, 0.25) is 5.95 Å². The lowest BCUT2D eigenvalue weighted by atomic mass is 10.3. The van der Waals surface area contributed by atoms with Gasteiger partial charge in [0, 0.05) is 18.6 Å². The lowest BCUT2D eigenvalue weighted by Gasteiger charge is -1.96.